The van der Waals surface area contributed by atoms with E-state index in [1.54, 1.807) is 90.9 Å². The number of halogens is 9. The van der Waals surface area contributed by atoms with Crippen LogP contribution in [0.2, 0.25) is 15.1 Å². The van der Waals surface area contributed by atoms with Crippen LogP contribution in [0.3, 0.4) is 0 Å². The zero-order valence-electron chi connectivity index (χ0n) is 85.3. The molecule has 0 radical (unpaired) electrons. The smallest absolute Gasteiger partial charge is 0.465 e. The maximum Gasteiger partial charge on any atom is 0.496 e. The largest absolute Gasteiger partial charge is 0.496 e. The van der Waals surface area contributed by atoms with E-state index in [-0.39, 0.29) is 123 Å². The number of fused-ring (bicyclic) bond motifs is 4. The molecule has 4 aromatic carbocycles. The highest BCUT2D eigenvalue weighted by Crippen LogP contribution is 2.41. The Balaban J connectivity index is 0.000000166. The van der Waals surface area contributed by atoms with Gasteiger partial charge in [-0.15, -0.1) is 0 Å². The third-order valence-corrected chi connectivity index (χ3v) is 27.7. The minimum Gasteiger partial charge on any atom is -0.465 e. The molecule has 0 spiro atoms. The van der Waals surface area contributed by atoms with Crippen LogP contribution in [0.25, 0.3) is 22.3 Å². The number of hydrogen-bond acceptors (Lipinski definition) is 25. The highest BCUT2D eigenvalue weighted by Gasteiger charge is 2.53. The zero-order valence-corrected chi connectivity index (χ0v) is 91.3. The van der Waals surface area contributed by atoms with E-state index in [2.05, 4.69) is 83.3 Å². The van der Waals surface area contributed by atoms with Crippen LogP contribution in [0.4, 0.5) is 35.0 Å². The quantitative estimate of drug-likeness (QED) is 0.0111. The summed E-state index contributed by atoms with van der Waals surface area (Å²) in [5, 5.41) is 21.1. The molecule has 0 aliphatic carbocycles. The van der Waals surface area contributed by atoms with E-state index in [0.717, 1.165) is 68.0 Å². The lowest BCUT2D eigenvalue weighted by atomic mass is 9.81. The van der Waals surface area contributed by atoms with Crippen LogP contribution in [-0.4, -0.2) is 263 Å². The van der Waals surface area contributed by atoms with Gasteiger partial charge in [-0.05, 0) is 245 Å². The van der Waals surface area contributed by atoms with Gasteiger partial charge in [0.25, 0.3) is 23.6 Å². The van der Waals surface area contributed by atoms with E-state index in [0.29, 0.717) is 123 Å². The Morgan fingerprint density at radius 1 is 0.439 bits per heavy atom. The maximum absolute atomic E-state index is 14.1. The standard InChI is InChI=1S/C26H28ClFN4O4.C25H28ClFN4O3.C24H30BFN2O6.C18H18BrFN2O4.C8H10ClIN2.C4H8O2/c1-15(2)30-24-9-21(22(27)10-29-24)17-8-23-25(33)32(19(14-35-3)13-31(23)11-17)12-16-7-18(28)5-6-20(16)26(34)36-4;1-15(2)29-24-8-21(22(26)9-28-24)18-7-23-25(33)31(20(14-34-3)12-30(23)10-18)11-17-6-19(27)5-4-16(17)13-32;1-23(2)24(3,4)34-25(33-23)16-10-20-21(29)28(18(14-31-5)13-27(20)12-16)11-15-9-17(26)7-8-19(15)22(30)32-6;1-25-10-14-9-21-8-12(19)6-16(21)17(23)22(14)7-11-5-13(20)3-4-15(11)18(24)26-2;1-5(2)12-8-3-7(10)6(9)4-11-8;1-2-6-4-3-5-1/h5-11,15,19H,12-14H2,1-4H3,(H,29,30);4-10,15,20,32H,11-14H2,1-3H3,(H,28,29);7-10,12,18H,11,13-14H2,1-6H3;3-6,8,14H,7,9-10H2,1-2H3;3-5H,1-2H3,(H,11,12);1-4H2/t19-;20-;18-;14-;;/m1111../s1. The number of aromatic nitrogens is 7. The van der Waals surface area contributed by atoms with Crippen molar-refractivity contribution in [3.05, 3.63) is 272 Å². The number of benzene rings is 4. The van der Waals surface area contributed by atoms with Gasteiger partial charge in [-0.2, -0.15) is 0 Å². The number of nitrogens with one attached hydrogen (secondary N) is 3. The Bertz CT molecular complexity index is 6520. The Kier molecular flexibility index (Phi) is 40.8. The number of anilines is 3. The van der Waals surface area contributed by atoms with Gasteiger partial charge in [0.1, 0.15) is 63.5 Å². The molecule has 0 unspecified atom stereocenters. The Morgan fingerprint density at radius 3 is 1.08 bits per heavy atom. The van der Waals surface area contributed by atoms with Crippen molar-refractivity contribution in [2.45, 2.75) is 182 Å². The second-order valence-electron chi connectivity index (χ2n) is 37.5. The molecule has 33 nitrogen and oxygen atoms in total. The van der Waals surface area contributed by atoms with Gasteiger partial charge in [-0.25, -0.2) is 46.9 Å². The molecule has 43 heteroatoms. The summed E-state index contributed by atoms with van der Waals surface area (Å²) in [6.07, 6.45) is 12.4. The van der Waals surface area contributed by atoms with Gasteiger partial charge in [0.15, 0.2) is 0 Å². The summed E-state index contributed by atoms with van der Waals surface area (Å²) < 4.78 is 123. The lowest BCUT2D eigenvalue weighted by Crippen LogP contribution is -2.49. The summed E-state index contributed by atoms with van der Waals surface area (Å²) >= 11 is 24.3. The van der Waals surface area contributed by atoms with Crippen molar-refractivity contribution in [1.29, 1.82) is 0 Å². The zero-order chi connectivity index (χ0) is 107. The number of rotatable bonds is 29. The number of hydrogen-bond donors (Lipinski definition) is 4. The molecular formula is C105H122BBrCl3F4IN14O19. The minimum absolute atomic E-state index is 0.0219. The van der Waals surface area contributed by atoms with Crippen LogP contribution < -0.4 is 21.4 Å². The number of amides is 4. The summed E-state index contributed by atoms with van der Waals surface area (Å²) in [5.41, 5.74) is 7.74. The van der Waals surface area contributed by atoms with E-state index in [9.17, 15) is 56.2 Å². The molecule has 0 bridgehead atoms. The second-order valence-corrected chi connectivity index (χ2v) is 40.8. The van der Waals surface area contributed by atoms with Crippen LogP contribution in [-0.2, 0) is 111 Å². The monoisotopic (exact) mass is 2280 g/mol. The van der Waals surface area contributed by atoms with Crippen molar-refractivity contribution in [3.8, 4) is 22.3 Å². The molecule has 792 valence electrons. The molecule has 4 atom stereocenters. The van der Waals surface area contributed by atoms with Gasteiger partial charge in [-0.3, -0.25) is 19.2 Å². The Labute approximate surface area is 894 Å². The number of methoxy groups -OCH3 is 7. The van der Waals surface area contributed by atoms with Crippen LogP contribution in [0.5, 0.6) is 0 Å². The molecule has 7 aromatic heterocycles. The SMILES string of the molecule is C1COCCO1.CC(C)Nc1cc(I)c(Cl)cn1.COC[C@H]1Cn2cc(-c3cc(NC(C)C)ncc3Cl)cc2C(=O)N1Cc1cc(F)ccc1C(=O)OC.COC[C@H]1Cn2cc(-c3cc(NC(C)C)ncc3Cl)cc2C(=O)N1Cc1cc(F)ccc1CO.COC[C@H]1Cn2cc(B3OC(C)(C)C(C)(C)O3)cc2C(=O)N1Cc1cc(F)ccc1C(=O)OC.COC[C@H]1Cn2cc(Br)cc2C(=O)N1Cc1cc(F)ccc1C(=O)OC. The van der Waals surface area contributed by atoms with Crippen LogP contribution in [0.15, 0.2) is 163 Å². The molecule has 4 N–H and O–H groups in total. The van der Waals surface area contributed by atoms with Crippen LogP contribution in [0.1, 0.15) is 170 Å². The summed E-state index contributed by atoms with van der Waals surface area (Å²) in [6, 6.07) is 28.1. The van der Waals surface area contributed by atoms with Crippen molar-refractivity contribution in [2.24, 2.45) is 0 Å². The molecule has 6 aliphatic rings. The average molecular weight is 2280 g/mol. The number of esters is 3. The molecule has 148 heavy (non-hydrogen) atoms. The van der Waals surface area contributed by atoms with Gasteiger partial charge < -0.3 is 111 Å². The molecule has 0 saturated carbocycles. The number of carbonyl (C=O) groups excluding carboxylic acids is 7. The summed E-state index contributed by atoms with van der Waals surface area (Å²) in [4.78, 5) is 110. The number of aliphatic hydroxyl groups is 1. The van der Waals surface area contributed by atoms with E-state index in [4.69, 9.17) is 86.7 Å². The molecule has 2 saturated heterocycles. The third kappa shape index (κ3) is 28.9. The third-order valence-electron chi connectivity index (χ3n) is 25.2. The van der Waals surface area contributed by atoms with Gasteiger partial charge >= 0.3 is 25.0 Å². The van der Waals surface area contributed by atoms with Gasteiger partial charge in [0, 0.05) is 178 Å². The molecule has 17 rings (SSSR count). The fourth-order valence-electron chi connectivity index (χ4n) is 17.4. The number of carbonyl (C=O) groups is 7. The average Bonchev–Trinajstić information content (AvgIpc) is 1.58. The van der Waals surface area contributed by atoms with Crippen molar-refractivity contribution < 1.29 is 108 Å². The van der Waals surface area contributed by atoms with Gasteiger partial charge in [0.2, 0.25) is 0 Å². The summed E-state index contributed by atoms with van der Waals surface area (Å²) in [7, 11) is 9.45. The lowest BCUT2D eigenvalue weighted by molar-refractivity contribution is -0.0334. The molecule has 4 amide bonds. The Morgan fingerprint density at radius 2 is 0.750 bits per heavy atom. The summed E-state index contributed by atoms with van der Waals surface area (Å²) in [6.45, 7) is 26.5. The number of pyridine rings is 3. The first-order chi connectivity index (χ1) is 70.5. The Hall–Kier alpha value is -11.4. The van der Waals surface area contributed by atoms with E-state index in [1.807, 2.05) is 123 Å². The topological polar surface area (TPSA) is 349 Å². The van der Waals surface area contributed by atoms with E-state index < -0.39 is 59.5 Å². The molecular weight excluding hydrogens is 2160 g/mol. The molecule has 11 aromatic rings. The first-order valence-corrected chi connectivity index (χ1v) is 50.6. The minimum atomic E-state index is -0.598. The van der Waals surface area contributed by atoms with Crippen molar-refractivity contribution in [2.75, 3.05) is 119 Å². The van der Waals surface area contributed by atoms with Gasteiger partial charge in [-0.1, -0.05) is 40.9 Å². The first kappa shape index (κ1) is 115. The highest BCUT2D eigenvalue weighted by atomic mass is 127. The first-order valence-electron chi connectivity index (χ1n) is 47.6. The van der Waals surface area contributed by atoms with E-state index in [1.165, 1.54) is 88.1 Å². The van der Waals surface area contributed by atoms with Crippen LogP contribution in [0, 0.1) is 26.8 Å². The van der Waals surface area contributed by atoms with Crippen LogP contribution >= 0.6 is 73.3 Å². The highest BCUT2D eigenvalue weighted by molar-refractivity contribution is 14.1. The second kappa shape index (κ2) is 52.4. The number of ether oxygens (including phenoxy) is 9. The molecule has 2 fully saturated rings. The fourth-order valence-corrected chi connectivity index (χ4v) is 18.8. The fraction of sp³-hybridized carbons (Fsp3) is 0.410. The van der Waals surface area contributed by atoms with Crippen molar-refractivity contribution in [1.82, 2.24) is 52.8 Å². The van der Waals surface area contributed by atoms with Crippen molar-refractivity contribution >= 4 is 145 Å². The molecule has 6 aliphatic heterocycles. The normalized spacial score (nSPS) is 16.9. The maximum atomic E-state index is 14.1. The predicted octanol–water partition coefficient (Wildman–Crippen LogP) is 17.4. The number of aliphatic hydroxyl groups excluding tert-OH is 1. The summed E-state index contributed by atoms with van der Waals surface area (Å²) in [5.74, 6) is -2.31. The lowest BCUT2D eigenvalue weighted by Gasteiger charge is -2.36. The molecule has 13 heterocycles. The predicted molar refractivity (Wildman–Crippen MR) is 565 cm³/mol. The number of nitrogens with zero attached hydrogens (tertiary/aromatic N) is 11. The van der Waals surface area contributed by atoms with E-state index >= 15 is 0 Å². The van der Waals surface area contributed by atoms with Gasteiger partial charge in [0.05, 0.1) is 148 Å². The van der Waals surface area contributed by atoms with Crippen molar-refractivity contribution in [3.63, 3.8) is 0 Å².